The molecule has 3 nitrogen and oxygen atoms in total. The maximum atomic E-state index is 9.99. The van der Waals surface area contributed by atoms with E-state index in [2.05, 4.69) is 32.9 Å². The molecule has 0 aromatic carbocycles. The molecule has 1 fully saturated rings. The number of pyridine rings is 1. The van der Waals surface area contributed by atoms with Gasteiger partial charge in [-0.1, -0.05) is 12.8 Å². The third kappa shape index (κ3) is 3.50. The smallest absolute Gasteiger partial charge is 0.0695 e. The summed E-state index contributed by atoms with van der Waals surface area (Å²) in [6.07, 6.45) is 6.04. The SMILES string of the molecule is CN(Cc1ccc(Br)cn1)C1CCCCC1O. The maximum absolute atomic E-state index is 9.99. The summed E-state index contributed by atoms with van der Waals surface area (Å²) in [7, 11) is 2.07. The Hall–Kier alpha value is -0.450. The maximum Gasteiger partial charge on any atom is 0.0695 e. The van der Waals surface area contributed by atoms with Crippen molar-refractivity contribution in [2.45, 2.75) is 44.4 Å². The van der Waals surface area contributed by atoms with Crippen LogP contribution in [0, 0.1) is 0 Å². The summed E-state index contributed by atoms with van der Waals surface area (Å²) in [4.78, 5) is 6.59. The first kappa shape index (κ1) is 13.0. The lowest BCUT2D eigenvalue weighted by Gasteiger charge is -2.35. The van der Waals surface area contributed by atoms with Gasteiger partial charge >= 0.3 is 0 Å². The first-order valence-corrected chi connectivity index (χ1v) is 6.95. The number of aromatic nitrogens is 1. The van der Waals surface area contributed by atoms with Crippen LogP contribution < -0.4 is 0 Å². The van der Waals surface area contributed by atoms with Crippen molar-refractivity contribution in [3.8, 4) is 0 Å². The zero-order valence-corrected chi connectivity index (χ0v) is 11.7. The van der Waals surface area contributed by atoms with Gasteiger partial charge in [-0.3, -0.25) is 9.88 Å². The molecule has 0 radical (unpaired) electrons. The Bertz CT molecular complexity index is 355. The number of aliphatic hydroxyl groups is 1. The second-order valence-corrected chi connectivity index (χ2v) is 5.72. The van der Waals surface area contributed by atoms with Crippen LogP contribution in [0.15, 0.2) is 22.8 Å². The number of halogens is 1. The molecule has 0 amide bonds. The molecule has 0 spiro atoms. The van der Waals surface area contributed by atoms with Gasteiger partial charge in [-0.2, -0.15) is 0 Å². The predicted octanol–water partition coefficient (Wildman–Crippen LogP) is 2.58. The Labute approximate surface area is 111 Å². The highest BCUT2D eigenvalue weighted by molar-refractivity contribution is 9.10. The first-order chi connectivity index (χ1) is 8.16. The van der Waals surface area contributed by atoms with Crippen molar-refractivity contribution in [2.75, 3.05) is 7.05 Å². The molecule has 0 saturated heterocycles. The summed E-state index contributed by atoms with van der Waals surface area (Å²) in [6.45, 7) is 0.801. The highest BCUT2D eigenvalue weighted by Gasteiger charge is 2.26. The minimum atomic E-state index is -0.177. The van der Waals surface area contributed by atoms with E-state index in [1.807, 2.05) is 18.3 Å². The van der Waals surface area contributed by atoms with Gasteiger partial charge in [-0.25, -0.2) is 0 Å². The molecule has 2 rings (SSSR count). The summed E-state index contributed by atoms with van der Waals surface area (Å²) >= 11 is 3.38. The Morgan fingerprint density at radius 3 is 2.82 bits per heavy atom. The lowest BCUT2D eigenvalue weighted by molar-refractivity contribution is 0.0283. The summed E-state index contributed by atoms with van der Waals surface area (Å²) in [6, 6.07) is 4.32. The summed E-state index contributed by atoms with van der Waals surface area (Å²) < 4.78 is 1.00. The molecule has 1 heterocycles. The van der Waals surface area contributed by atoms with Gasteiger partial charge in [0.15, 0.2) is 0 Å². The Kier molecular flexibility index (Phi) is 4.54. The van der Waals surface area contributed by atoms with Gasteiger partial charge in [0.05, 0.1) is 11.8 Å². The third-order valence-electron chi connectivity index (χ3n) is 3.46. The van der Waals surface area contributed by atoms with Gasteiger partial charge in [0.2, 0.25) is 0 Å². The predicted molar refractivity (Wildman–Crippen MR) is 71.7 cm³/mol. The van der Waals surface area contributed by atoms with Crippen LogP contribution in [-0.4, -0.2) is 34.2 Å². The Morgan fingerprint density at radius 1 is 1.41 bits per heavy atom. The van der Waals surface area contributed by atoms with Crippen molar-refractivity contribution in [3.63, 3.8) is 0 Å². The van der Waals surface area contributed by atoms with E-state index in [0.717, 1.165) is 36.0 Å². The number of likely N-dealkylation sites (N-methyl/N-ethyl adjacent to an activating group) is 1. The lowest BCUT2D eigenvalue weighted by Crippen LogP contribution is -2.42. The molecule has 1 aliphatic carbocycles. The van der Waals surface area contributed by atoms with Crippen LogP contribution >= 0.6 is 15.9 Å². The molecular formula is C13H19BrN2O. The zero-order chi connectivity index (χ0) is 12.3. The van der Waals surface area contributed by atoms with E-state index >= 15 is 0 Å². The highest BCUT2D eigenvalue weighted by Crippen LogP contribution is 2.23. The first-order valence-electron chi connectivity index (χ1n) is 6.15. The second kappa shape index (κ2) is 5.94. The topological polar surface area (TPSA) is 36.4 Å². The fraction of sp³-hybridized carbons (Fsp3) is 0.615. The Morgan fingerprint density at radius 2 is 2.18 bits per heavy atom. The molecule has 1 saturated carbocycles. The molecular weight excluding hydrogens is 280 g/mol. The van der Waals surface area contributed by atoms with Crippen LogP contribution in [0.5, 0.6) is 0 Å². The van der Waals surface area contributed by atoms with E-state index in [4.69, 9.17) is 0 Å². The van der Waals surface area contributed by atoms with Crippen LogP contribution in [-0.2, 0) is 6.54 Å². The minimum Gasteiger partial charge on any atom is -0.391 e. The monoisotopic (exact) mass is 298 g/mol. The highest BCUT2D eigenvalue weighted by atomic mass is 79.9. The van der Waals surface area contributed by atoms with Gasteiger partial charge in [0.25, 0.3) is 0 Å². The molecule has 94 valence electrons. The molecule has 2 atom stereocenters. The van der Waals surface area contributed by atoms with E-state index in [1.165, 1.54) is 6.42 Å². The molecule has 0 bridgehead atoms. The Balaban J connectivity index is 1.95. The number of nitrogens with zero attached hydrogens (tertiary/aromatic N) is 2. The number of hydrogen-bond acceptors (Lipinski definition) is 3. The van der Waals surface area contributed by atoms with Gasteiger partial charge in [-0.15, -0.1) is 0 Å². The van der Waals surface area contributed by atoms with Crippen LogP contribution in [0.25, 0.3) is 0 Å². The minimum absolute atomic E-state index is 0.177. The molecule has 1 aromatic rings. The molecule has 4 heteroatoms. The second-order valence-electron chi connectivity index (χ2n) is 4.80. The van der Waals surface area contributed by atoms with E-state index < -0.39 is 0 Å². The van der Waals surface area contributed by atoms with Crippen molar-refractivity contribution < 1.29 is 5.11 Å². The number of aliphatic hydroxyl groups excluding tert-OH is 1. The summed E-state index contributed by atoms with van der Waals surface area (Å²) in [5.41, 5.74) is 1.05. The molecule has 1 aliphatic rings. The van der Waals surface area contributed by atoms with Gasteiger partial charge in [-0.05, 0) is 48.0 Å². The van der Waals surface area contributed by atoms with Crippen LogP contribution in [0.1, 0.15) is 31.4 Å². The largest absolute Gasteiger partial charge is 0.391 e. The molecule has 0 aliphatic heterocycles. The van der Waals surface area contributed by atoms with Crippen molar-refractivity contribution in [3.05, 3.63) is 28.5 Å². The van der Waals surface area contributed by atoms with Gasteiger partial charge in [0.1, 0.15) is 0 Å². The fourth-order valence-corrected chi connectivity index (χ4v) is 2.71. The third-order valence-corrected chi connectivity index (χ3v) is 3.93. The quantitative estimate of drug-likeness (QED) is 0.932. The van der Waals surface area contributed by atoms with E-state index in [-0.39, 0.29) is 12.1 Å². The average molecular weight is 299 g/mol. The summed E-state index contributed by atoms with van der Waals surface area (Å²) in [5.74, 6) is 0. The van der Waals surface area contributed by atoms with E-state index in [9.17, 15) is 5.11 Å². The molecule has 1 aromatic heterocycles. The zero-order valence-electron chi connectivity index (χ0n) is 10.1. The molecule has 2 unspecified atom stereocenters. The van der Waals surface area contributed by atoms with Crippen molar-refractivity contribution >= 4 is 15.9 Å². The summed E-state index contributed by atoms with van der Waals surface area (Å²) in [5, 5.41) is 9.99. The number of rotatable bonds is 3. The average Bonchev–Trinajstić information content (AvgIpc) is 2.32. The van der Waals surface area contributed by atoms with Crippen LogP contribution in [0.2, 0.25) is 0 Å². The normalized spacial score (nSPS) is 25.2. The van der Waals surface area contributed by atoms with Crippen molar-refractivity contribution in [1.82, 2.24) is 9.88 Å². The molecule has 17 heavy (non-hydrogen) atoms. The van der Waals surface area contributed by atoms with Crippen molar-refractivity contribution in [2.24, 2.45) is 0 Å². The van der Waals surface area contributed by atoms with Crippen LogP contribution in [0.3, 0.4) is 0 Å². The fourth-order valence-electron chi connectivity index (χ4n) is 2.48. The lowest BCUT2D eigenvalue weighted by atomic mass is 9.91. The van der Waals surface area contributed by atoms with Crippen molar-refractivity contribution in [1.29, 1.82) is 0 Å². The van der Waals surface area contributed by atoms with Gasteiger partial charge < -0.3 is 5.11 Å². The van der Waals surface area contributed by atoms with E-state index in [1.54, 1.807) is 0 Å². The standard InChI is InChI=1S/C13H19BrN2O/c1-16(12-4-2-3-5-13(12)17)9-11-7-6-10(14)8-15-11/h6-8,12-13,17H,2-5,9H2,1H3. The molecule has 1 N–H and O–H groups in total. The van der Waals surface area contributed by atoms with Gasteiger partial charge in [0, 0.05) is 23.3 Å². The van der Waals surface area contributed by atoms with E-state index in [0.29, 0.717) is 0 Å². The van der Waals surface area contributed by atoms with Crippen LogP contribution in [0.4, 0.5) is 0 Å². The number of hydrogen-bond donors (Lipinski definition) is 1.